The van der Waals surface area contributed by atoms with Crippen LogP contribution in [0, 0.1) is 5.92 Å². The van der Waals surface area contributed by atoms with Gasteiger partial charge < -0.3 is 9.64 Å². The average molecular weight is 233 g/mol. The maximum absolute atomic E-state index is 5.79. The van der Waals surface area contributed by atoms with Crippen LogP contribution in [-0.4, -0.2) is 30.6 Å². The number of hydrogen-bond acceptors (Lipinski definition) is 2. The van der Waals surface area contributed by atoms with Crippen LogP contribution in [0.4, 0.5) is 0 Å². The van der Waals surface area contributed by atoms with Crippen LogP contribution < -0.4 is 4.74 Å². The van der Waals surface area contributed by atoms with Gasteiger partial charge in [-0.2, -0.15) is 0 Å². The molecule has 0 N–H and O–H groups in total. The summed E-state index contributed by atoms with van der Waals surface area (Å²) in [4.78, 5) is 2.58. The third kappa shape index (κ3) is 3.74. The van der Waals surface area contributed by atoms with Gasteiger partial charge in [0.25, 0.3) is 0 Å². The number of para-hydroxylation sites is 1. The summed E-state index contributed by atoms with van der Waals surface area (Å²) in [6.07, 6.45) is 2.71. The molecule has 1 aliphatic rings. The minimum Gasteiger partial charge on any atom is -0.493 e. The van der Waals surface area contributed by atoms with Crippen molar-refractivity contribution in [3.8, 4) is 5.75 Å². The van der Waals surface area contributed by atoms with E-state index < -0.39 is 0 Å². The molecule has 1 saturated heterocycles. The lowest BCUT2D eigenvalue weighted by Gasteiger charge is -2.24. The molecule has 2 heteroatoms. The van der Waals surface area contributed by atoms with Crippen molar-refractivity contribution in [3.05, 3.63) is 30.3 Å². The fraction of sp³-hybridized carbons (Fsp3) is 0.600. The van der Waals surface area contributed by atoms with Crippen molar-refractivity contribution >= 4 is 0 Å². The minimum absolute atomic E-state index is 0.593. The predicted molar refractivity (Wildman–Crippen MR) is 71.4 cm³/mol. The van der Waals surface area contributed by atoms with Crippen molar-refractivity contribution < 1.29 is 4.74 Å². The van der Waals surface area contributed by atoms with E-state index in [1.165, 1.54) is 19.4 Å². The monoisotopic (exact) mass is 233 g/mol. The maximum Gasteiger partial charge on any atom is 0.119 e. The topological polar surface area (TPSA) is 12.5 Å². The fourth-order valence-corrected chi connectivity index (χ4v) is 2.47. The Morgan fingerprint density at radius 1 is 1.35 bits per heavy atom. The molecule has 1 fully saturated rings. The van der Waals surface area contributed by atoms with Crippen LogP contribution in [0.1, 0.15) is 26.7 Å². The van der Waals surface area contributed by atoms with E-state index in [-0.39, 0.29) is 0 Å². The number of likely N-dealkylation sites (tertiary alicyclic amines) is 1. The first-order valence-corrected chi connectivity index (χ1v) is 6.67. The summed E-state index contributed by atoms with van der Waals surface area (Å²) in [5.74, 6) is 1.57. The van der Waals surface area contributed by atoms with Gasteiger partial charge in [-0.25, -0.2) is 0 Å². The van der Waals surface area contributed by atoms with Crippen LogP contribution in [0.3, 0.4) is 0 Å². The molecule has 0 aromatic heterocycles. The van der Waals surface area contributed by atoms with E-state index in [1.54, 1.807) is 0 Å². The Morgan fingerprint density at radius 2 is 2.12 bits per heavy atom. The van der Waals surface area contributed by atoms with Crippen molar-refractivity contribution in [2.24, 2.45) is 5.92 Å². The highest BCUT2D eigenvalue weighted by molar-refractivity contribution is 5.20. The van der Waals surface area contributed by atoms with E-state index in [2.05, 4.69) is 18.7 Å². The van der Waals surface area contributed by atoms with E-state index >= 15 is 0 Å². The summed E-state index contributed by atoms with van der Waals surface area (Å²) in [5.41, 5.74) is 0. The Hall–Kier alpha value is -1.02. The molecule has 0 unspecified atom stereocenters. The summed E-state index contributed by atoms with van der Waals surface area (Å²) in [6.45, 7) is 7.84. The molecule has 0 aliphatic carbocycles. The third-order valence-corrected chi connectivity index (χ3v) is 3.51. The highest BCUT2D eigenvalue weighted by Gasteiger charge is 2.21. The summed E-state index contributed by atoms with van der Waals surface area (Å²) in [6, 6.07) is 10.8. The van der Waals surface area contributed by atoms with E-state index in [4.69, 9.17) is 4.74 Å². The lowest BCUT2D eigenvalue weighted by atomic mass is 10.1. The molecule has 17 heavy (non-hydrogen) atoms. The molecule has 2 atom stereocenters. The lowest BCUT2D eigenvalue weighted by molar-refractivity contribution is 0.181. The van der Waals surface area contributed by atoms with Gasteiger partial charge in [0.2, 0.25) is 0 Å². The van der Waals surface area contributed by atoms with Crippen LogP contribution >= 0.6 is 0 Å². The van der Waals surface area contributed by atoms with Gasteiger partial charge in [-0.1, -0.05) is 25.1 Å². The second kappa shape index (κ2) is 6.06. The highest BCUT2D eigenvalue weighted by atomic mass is 16.5. The van der Waals surface area contributed by atoms with Gasteiger partial charge in [-0.15, -0.1) is 0 Å². The maximum atomic E-state index is 5.79. The van der Waals surface area contributed by atoms with Gasteiger partial charge in [-0.3, -0.25) is 0 Å². The Kier molecular flexibility index (Phi) is 4.43. The molecular weight excluding hydrogens is 210 g/mol. The summed E-state index contributed by atoms with van der Waals surface area (Å²) < 4.78 is 5.79. The summed E-state index contributed by atoms with van der Waals surface area (Å²) in [7, 11) is 0. The summed E-state index contributed by atoms with van der Waals surface area (Å²) >= 11 is 0. The first-order valence-electron chi connectivity index (χ1n) is 6.67. The number of ether oxygens (including phenoxy) is 1. The molecule has 1 aliphatic heterocycles. The number of hydrogen-bond donors (Lipinski definition) is 0. The number of benzene rings is 1. The lowest BCUT2D eigenvalue weighted by Crippen LogP contribution is -2.33. The van der Waals surface area contributed by atoms with Gasteiger partial charge in [0.05, 0.1) is 6.61 Å². The second-order valence-corrected chi connectivity index (χ2v) is 5.22. The van der Waals surface area contributed by atoms with E-state index in [0.717, 1.165) is 24.9 Å². The zero-order valence-corrected chi connectivity index (χ0v) is 10.9. The van der Waals surface area contributed by atoms with Crippen molar-refractivity contribution in [2.45, 2.75) is 32.7 Å². The van der Waals surface area contributed by atoms with Crippen LogP contribution in [-0.2, 0) is 0 Å². The van der Waals surface area contributed by atoms with Crippen LogP contribution in [0.2, 0.25) is 0 Å². The largest absolute Gasteiger partial charge is 0.493 e. The fourth-order valence-electron chi connectivity index (χ4n) is 2.47. The number of rotatable bonds is 5. The smallest absolute Gasteiger partial charge is 0.119 e. The Morgan fingerprint density at radius 3 is 2.76 bits per heavy atom. The van der Waals surface area contributed by atoms with Crippen molar-refractivity contribution in [1.82, 2.24) is 4.90 Å². The molecule has 1 aromatic carbocycles. The molecule has 2 rings (SSSR count). The van der Waals surface area contributed by atoms with E-state index in [9.17, 15) is 0 Å². The SMILES string of the molecule is C[C@H](COc1ccccc1)CN1CCC[C@H]1C. The standard InChI is InChI=1S/C15H23NO/c1-13(11-16-10-6-7-14(16)2)12-17-15-8-4-3-5-9-15/h3-5,8-9,13-14H,6-7,10-12H2,1-2H3/t13-,14+/m0/s1. The first kappa shape index (κ1) is 12.4. The molecule has 0 spiro atoms. The van der Waals surface area contributed by atoms with Crippen molar-refractivity contribution in [1.29, 1.82) is 0 Å². The zero-order chi connectivity index (χ0) is 12.1. The van der Waals surface area contributed by atoms with Gasteiger partial charge in [-0.05, 0) is 38.4 Å². The molecule has 1 heterocycles. The second-order valence-electron chi connectivity index (χ2n) is 5.22. The van der Waals surface area contributed by atoms with Crippen LogP contribution in [0.5, 0.6) is 5.75 Å². The van der Waals surface area contributed by atoms with Gasteiger partial charge >= 0.3 is 0 Å². The number of nitrogens with zero attached hydrogens (tertiary/aromatic N) is 1. The highest BCUT2D eigenvalue weighted by Crippen LogP contribution is 2.18. The molecule has 94 valence electrons. The Labute approximate surface area is 105 Å². The van der Waals surface area contributed by atoms with E-state index in [0.29, 0.717) is 5.92 Å². The molecule has 0 bridgehead atoms. The molecule has 2 nitrogen and oxygen atoms in total. The summed E-state index contributed by atoms with van der Waals surface area (Å²) in [5, 5.41) is 0. The Balaban J connectivity index is 1.72. The van der Waals surface area contributed by atoms with Gasteiger partial charge in [0.1, 0.15) is 5.75 Å². The van der Waals surface area contributed by atoms with Crippen LogP contribution in [0.15, 0.2) is 30.3 Å². The average Bonchev–Trinajstić information content (AvgIpc) is 2.74. The molecular formula is C15H23NO. The van der Waals surface area contributed by atoms with Crippen molar-refractivity contribution in [2.75, 3.05) is 19.7 Å². The van der Waals surface area contributed by atoms with Gasteiger partial charge in [0, 0.05) is 18.5 Å². The molecule has 0 amide bonds. The normalized spacial score (nSPS) is 22.6. The molecule has 0 radical (unpaired) electrons. The Bertz CT molecular complexity index is 325. The van der Waals surface area contributed by atoms with Crippen molar-refractivity contribution in [3.63, 3.8) is 0 Å². The third-order valence-electron chi connectivity index (χ3n) is 3.51. The molecule has 0 saturated carbocycles. The predicted octanol–water partition coefficient (Wildman–Crippen LogP) is 3.19. The quantitative estimate of drug-likeness (QED) is 0.774. The van der Waals surface area contributed by atoms with E-state index in [1.807, 2.05) is 30.3 Å². The van der Waals surface area contributed by atoms with Crippen LogP contribution in [0.25, 0.3) is 0 Å². The first-order chi connectivity index (χ1) is 8.25. The minimum atomic E-state index is 0.593. The zero-order valence-electron chi connectivity index (χ0n) is 10.9. The molecule has 1 aromatic rings. The van der Waals surface area contributed by atoms with Gasteiger partial charge in [0.15, 0.2) is 0 Å².